The summed E-state index contributed by atoms with van der Waals surface area (Å²) < 4.78 is 17.2. The third-order valence-corrected chi connectivity index (χ3v) is 7.63. The van der Waals surface area contributed by atoms with Gasteiger partial charge in [0.25, 0.3) is 11.7 Å². The van der Waals surface area contributed by atoms with E-state index < -0.39 is 17.7 Å². The van der Waals surface area contributed by atoms with Crippen LogP contribution >= 0.6 is 0 Å². The van der Waals surface area contributed by atoms with Crippen molar-refractivity contribution in [1.82, 2.24) is 9.80 Å². The van der Waals surface area contributed by atoms with Crippen LogP contribution in [0.15, 0.2) is 48.0 Å². The SMILES string of the molecule is CCCCOc1cccc([C@@H]2C(=C(O)c3ccc4c(c3)C[C@@H](C)O4)C(=O)C(=O)N2CCCN2CCOCC2)c1. The molecule has 5 rings (SSSR count). The first-order chi connectivity index (χ1) is 19.0. The van der Waals surface area contributed by atoms with Crippen molar-refractivity contribution in [1.29, 1.82) is 0 Å². The van der Waals surface area contributed by atoms with Crippen LogP contribution in [0, 0.1) is 0 Å². The van der Waals surface area contributed by atoms with E-state index in [1.165, 1.54) is 0 Å². The highest BCUT2D eigenvalue weighted by molar-refractivity contribution is 6.46. The van der Waals surface area contributed by atoms with Crippen molar-refractivity contribution in [2.24, 2.45) is 0 Å². The van der Waals surface area contributed by atoms with Gasteiger partial charge in [0, 0.05) is 38.2 Å². The zero-order chi connectivity index (χ0) is 27.4. The minimum Gasteiger partial charge on any atom is -0.507 e. The Morgan fingerprint density at radius 2 is 1.90 bits per heavy atom. The molecule has 3 aliphatic heterocycles. The second-order valence-electron chi connectivity index (χ2n) is 10.5. The van der Waals surface area contributed by atoms with Gasteiger partial charge in [0.2, 0.25) is 0 Å². The molecule has 39 heavy (non-hydrogen) atoms. The van der Waals surface area contributed by atoms with Crippen LogP contribution in [0.5, 0.6) is 11.5 Å². The molecule has 0 saturated carbocycles. The number of likely N-dealkylation sites (tertiary alicyclic amines) is 1. The van der Waals surface area contributed by atoms with Crippen LogP contribution in [-0.2, 0) is 20.7 Å². The fourth-order valence-electron chi connectivity index (χ4n) is 5.58. The highest BCUT2D eigenvalue weighted by Crippen LogP contribution is 2.41. The number of nitrogens with zero attached hydrogens (tertiary/aromatic N) is 2. The summed E-state index contributed by atoms with van der Waals surface area (Å²) in [6.07, 6.45) is 3.46. The highest BCUT2D eigenvalue weighted by atomic mass is 16.5. The maximum atomic E-state index is 13.5. The number of rotatable bonds is 10. The number of hydrogen-bond donors (Lipinski definition) is 1. The van der Waals surface area contributed by atoms with E-state index in [1.807, 2.05) is 43.3 Å². The lowest BCUT2D eigenvalue weighted by molar-refractivity contribution is -0.140. The number of unbranched alkanes of at least 4 members (excludes halogenated alkanes) is 1. The average Bonchev–Trinajstić information content (AvgIpc) is 3.44. The Bertz CT molecular complexity index is 1240. The zero-order valence-corrected chi connectivity index (χ0v) is 22.9. The Balaban J connectivity index is 1.48. The molecular weight excluding hydrogens is 496 g/mol. The Morgan fingerprint density at radius 3 is 2.69 bits per heavy atom. The maximum Gasteiger partial charge on any atom is 0.295 e. The van der Waals surface area contributed by atoms with Crippen LogP contribution in [0.1, 0.15) is 55.8 Å². The van der Waals surface area contributed by atoms with Gasteiger partial charge in [-0.25, -0.2) is 0 Å². The van der Waals surface area contributed by atoms with E-state index in [-0.39, 0.29) is 17.4 Å². The number of benzene rings is 2. The molecule has 0 aliphatic carbocycles. The van der Waals surface area contributed by atoms with Gasteiger partial charge in [0.1, 0.15) is 23.4 Å². The minimum atomic E-state index is -0.701. The number of aliphatic hydroxyl groups excluding tert-OH is 1. The maximum absolute atomic E-state index is 13.5. The number of morpholine rings is 1. The van der Waals surface area contributed by atoms with Gasteiger partial charge in [0.05, 0.1) is 31.4 Å². The van der Waals surface area contributed by atoms with Crippen LogP contribution in [0.4, 0.5) is 0 Å². The summed E-state index contributed by atoms with van der Waals surface area (Å²) in [5.41, 5.74) is 2.35. The molecule has 3 aliphatic rings. The van der Waals surface area contributed by atoms with Crippen molar-refractivity contribution >= 4 is 17.4 Å². The second-order valence-corrected chi connectivity index (χ2v) is 10.5. The molecule has 3 heterocycles. The molecule has 2 atom stereocenters. The summed E-state index contributed by atoms with van der Waals surface area (Å²) in [5.74, 6) is 0.0681. The van der Waals surface area contributed by atoms with Gasteiger partial charge < -0.3 is 24.2 Å². The molecule has 0 unspecified atom stereocenters. The van der Waals surface area contributed by atoms with Crippen molar-refractivity contribution in [2.45, 2.75) is 51.7 Å². The summed E-state index contributed by atoms with van der Waals surface area (Å²) in [6.45, 7) is 9.05. The molecule has 2 aromatic rings. The van der Waals surface area contributed by atoms with E-state index >= 15 is 0 Å². The third-order valence-electron chi connectivity index (χ3n) is 7.63. The summed E-state index contributed by atoms with van der Waals surface area (Å²) >= 11 is 0. The largest absolute Gasteiger partial charge is 0.507 e. The van der Waals surface area contributed by atoms with Gasteiger partial charge in [-0.15, -0.1) is 0 Å². The molecule has 0 bridgehead atoms. The molecular formula is C31H38N2O6. The summed E-state index contributed by atoms with van der Waals surface area (Å²) in [5, 5.41) is 11.5. The Labute approximate surface area is 230 Å². The number of carbonyl (C=O) groups excluding carboxylic acids is 2. The van der Waals surface area contributed by atoms with Gasteiger partial charge in [-0.2, -0.15) is 0 Å². The number of amides is 1. The number of ketones is 1. The van der Waals surface area contributed by atoms with E-state index in [2.05, 4.69) is 11.8 Å². The fraction of sp³-hybridized carbons (Fsp3) is 0.484. The predicted molar refractivity (Wildman–Crippen MR) is 148 cm³/mol. The molecule has 8 heteroatoms. The number of hydrogen-bond acceptors (Lipinski definition) is 7. The summed E-state index contributed by atoms with van der Waals surface area (Å²) in [6, 6.07) is 12.3. The van der Waals surface area contributed by atoms with Gasteiger partial charge >= 0.3 is 0 Å². The van der Waals surface area contributed by atoms with E-state index in [1.54, 1.807) is 11.0 Å². The molecule has 208 valence electrons. The van der Waals surface area contributed by atoms with E-state index in [4.69, 9.17) is 14.2 Å². The standard InChI is InChI=1S/C31H38N2O6/c1-3-4-15-38-25-8-5-7-22(20-25)28-27(29(34)23-9-10-26-24(19-23)18-21(2)39-26)30(35)31(36)33(28)12-6-11-32-13-16-37-17-14-32/h5,7-10,19-21,28,34H,3-4,6,11-18H2,1-2H3/t21-,28-/m1/s1. The van der Waals surface area contributed by atoms with Crippen molar-refractivity contribution in [3.8, 4) is 11.5 Å². The molecule has 1 amide bonds. The minimum absolute atomic E-state index is 0.0601. The second kappa shape index (κ2) is 12.2. The number of fused-ring (bicyclic) bond motifs is 1. The lowest BCUT2D eigenvalue weighted by atomic mass is 9.94. The molecule has 2 aromatic carbocycles. The fourth-order valence-corrected chi connectivity index (χ4v) is 5.58. The Kier molecular flexibility index (Phi) is 8.53. The van der Waals surface area contributed by atoms with E-state index in [9.17, 15) is 14.7 Å². The van der Waals surface area contributed by atoms with Crippen LogP contribution in [0.3, 0.4) is 0 Å². The first-order valence-electron chi connectivity index (χ1n) is 14.1. The van der Waals surface area contributed by atoms with Crippen LogP contribution in [0.25, 0.3) is 5.76 Å². The molecule has 8 nitrogen and oxygen atoms in total. The normalized spacial score (nSPS) is 22.7. The lowest BCUT2D eigenvalue weighted by Gasteiger charge is -2.29. The molecule has 0 aromatic heterocycles. The van der Waals surface area contributed by atoms with Crippen molar-refractivity contribution in [3.63, 3.8) is 0 Å². The highest BCUT2D eigenvalue weighted by Gasteiger charge is 2.46. The summed E-state index contributed by atoms with van der Waals surface area (Å²) in [7, 11) is 0. The number of Topliss-reactive ketones (excluding diaryl/α,β-unsaturated/α-hetero) is 1. The first kappa shape index (κ1) is 27.2. The van der Waals surface area contributed by atoms with Gasteiger partial charge in [0.15, 0.2) is 0 Å². The summed E-state index contributed by atoms with van der Waals surface area (Å²) in [4.78, 5) is 30.8. The van der Waals surface area contributed by atoms with Crippen molar-refractivity contribution in [2.75, 3.05) is 46.0 Å². The van der Waals surface area contributed by atoms with Crippen LogP contribution < -0.4 is 9.47 Å². The van der Waals surface area contributed by atoms with Gasteiger partial charge in [-0.05, 0) is 61.2 Å². The number of ether oxygens (including phenoxy) is 3. The third kappa shape index (κ3) is 5.97. The Morgan fingerprint density at radius 1 is 1.08 bits per heavy atom. The van der Waals surface area contributed by atoms with E-state index in [0.717, 1.165) is 55.8 Å². The van der Waals surface area contributed by atoms with Crippen LogP contribution in [0.2, 0.25) is 0 Å². The van der Waals surface area contributed by atoms with Crippen molar-refractivity contribution < 1.29 is 28.9 Å². The molecule has 2 saturated heterocycles. The number of carbonyl (C=O) groups is 2. The smallest absolute Gasteiger partial charge is 0.295 e. The monoisotopic (exact) mass is 534 g/mol. The van der Waals surface area contributed by atoms with E-state index in [0.29, 0.717) is 44.1 Å². The average molecular weight is 535 g/mol. The predicted octanol–water partition coefficient (Wildman–Crippen LogP) is 4.33. The molecule has 2 fully saturated rings. The number of aliphatic hydroxyl groups is 1. The topological polar surface area (TPSA) is 88.5 Å². The van der Waals surface area contributed by atoms with Gasteiger partial charge in [-0.3, -0.25) is 14.5 Å². The zero-order valence-electron chi connectivity index (χ0n) is 22.9. The molecule has 0 spiro atoms. The quantitative estimate of drug-likeness (QED) is 0.210. The van der Waals surface area contributed by atoms with Crippen LogP contribution in [-0.4, -0.2) is 78.7 Å². The first-order valence-corrected chi connectivity index (χ1v) is 14.1. The molecule has 0 radical (unpaired) electrons. The Hall–Kier alpha value is -3.36. The van der Waals surface area contributed by atoms with Crippen molar-refractivity contribution in [3.05, 3.63) is 64.7 Å². The van der Waals surface area contributed by atoms with Gasteiger partial charge in [-0.1, -0.05) is 25.5 Å². The molecule has 1 N–H and O–H groups in total. The lowest BCUT2D eigenvalue weighted by Crippen LogP contribution is -2.38.